The number of nitro groups is 1. The van der Waals surface area contributed by atoms with Crippen LogP contribution in [0.1, 0.15) is 0 Å². The first-order chi connectivity index (χ1) is 12.8. The number of aromatic nitrogens is 2. The van der Waals surface area contributed by atoms with Gasteiger partial charge in [-0.3, -0.25) is 10.1 Å². The highest BCUT2D eigenvalue weighted by atomic mass is 35.5. The molecule has 0 amide bonds. The van der Waals surface area contributed by atoms with Crippen LogP contribution in [-0.2, 0) is 0 Å². The van der Waals surface area contributed by atoms with Crippen LogP contribution in [0.5, 0.6) is 0 Å². The maximum absolute atomic E-state index is 13.3. The monoisotopic (exact) mass is 427 g/mol. The number of anilines is 4. The lowest BCUT2D eigenvalue weighted by atomic mass is 10.3. The second kappa shape index (κ2) is 7.91. The maximum atomic E-state index is 13.3. The summed E-state index contributed by atoms with van der Waals surface area (Å²) in [6.45, 7) is 0. The fourth-order valence-corrected chi connectivity index (χ4v) is 2.91. The van der Waals surface area contributed by atoms with Gasteiger partial charge >= 0.3 is 5.69 Å². The van der Waals surface area contributed by atoms with E-state index in [0.29, 0.717) is 21.4 Å². The standard InChI is InChI=1S/C16H9Cl3FN5O2/c17-8-3-9(18)5-11(4-8)24-16-14(25(26)27)15(21-7-22-16)23-10-1-2-13(20)12(19)6-10/h1-7H,(H2,21,22,23,24). The summed E-state index contributed by atoms with van der Waals surface area (Å²) in [6.07, 6.45) is 1.13. The average molecular weight is 429 g/mol. The molecule has 0 saturated heterocycles. The van der Waals surface area contributed by atoms with E-state index in [0.717, 1.165) is 12.4 Å². The van der Waals surface area contributed by atoms with Gasteiger partial charge in [0.1, 0.15) is 12.1 Å². The minimum Gasteiger partial charge on any atom is -0.334 e. The first-order valence-corrected chi connectivity index (χ1v) is 8.41. The molecule has 0 atom stereocenters. The molecule has 1 heterocycles. The van der Waals surface area contributed by atoms with E-state index in [4.69, 9.17) is 34.8 Å². The molecule has 0 aliphatic carbocycles. The van der Waals surface area contributed by atoms with Crippen molar-refractivity contribution in [1.29, 1.82) is 0 Å². The molecule has 0 spiro atoms. The highest BCUT2D eigenvalue weighted by Crippen LogP contribution is 2.34. The number of hydrogen-bond acceptors (Lipinski definition) is 6. The van der Waals surface area contributed by atoms with Gasteiger partial charge in [0, 0.05) is 21.4 Å². The van der Waals surface area contributed by atoms with Gasteiger partial charge < -0.3 is 10.6 Å². The summed E-state index contributed by atoms with van der Waals surface area (Å²) in [4.78, 5) is 18.7. The molecule has 0 aliphatic heterocycles. The van der Waals surface area contributed by atoms with Crippen LogP contribution in [0.15, 0.2) is 42.7 Å². The number of nitrogens with zero attached hydrogens (tertiary/aromatic N) is 3. The molecule has 1 aromatic heterocycles. The number of nitrogens with one attached hydrogen (secondary N) is 2. The van der Waals surface area contributed by atoms with Gasteiger partial charge in [-0.15, -0.1) is 0 Å². The van der Waals surface area contributed by atoms with Gasteiger partial charge in [-0.25, -0.2) is 14.4 Å². The van der Waals surface area contributed by atoms with E-state index in [1.54, 1.807) is 0 Å². The number of benzene rings is 2. The lowest BCUT2D eigenvalue weighted by Gasteiger charge is -2.11. The average Bonchev–Trinajstić information content (AvgIpc) is 2.57. The van der Waals surface area contributed by atoms with Crippen molar-refractivity contribution in [2.45, 2.75) is 0 Å². The Balaban J connectivity index is 1.99. The van der Waals surface area contributed by atoms with Gasteiger partial charge in [-0.05, 0) is 36.4 Å². The molecule has 0 bridgehead atoms. The number of halogens is 4. The van der Waals surface area contributed by atoms with Crippen LogP contribution >= 0.6 is 34.8 Å². The minimum atomic E-state index is -0.651. The summed E-state index contributed by atoms with van der Waals surface area (Å²) in [5, 5.41) is 17.7. The molecule has 0 aliphatic rings. The first-order valence-electron chi connectivity index (χ1n) is 7.28. The Hall–Kier alpha value is -2.68. The van der Waals surface area contributed by atoms with Crippen molar-refractivity contribution in [3.8, 4) is 0 Å². The fraction of sp³-hybridized carbons (Fsp3) is 0. The molecule has 3 rings (SSSR count). The predicted molar refractivity (Wildman–Crippen MR) is 103 cm³/mol. The van der Waals surface area contributed by atoms with E-state index in [2.05, 4.69) is 20.6 Å². The van der Waals surface area contributed by atoms with Gasteiger partial charge in [-0.2, -0.15) is 0 Å². The summed E-state index contributed by atoms with van der Waals surface area (Å²) in [7, 11) is 0. The summed E-state index contributed by atoms with van der Waals surface area (Å²) in [5.41, 5.74) is 0.305. The van der Waals surface area contributed by atoms with Crippen LogP contribution in [0.3, 0.4) is 0 Å². The van der Waals surface area contributed by atoms with Crippen molar-refractivity contribution >= 4 is 63.5 Å². The number of hydrogen-bond donors (Lipinski definition) is 2. The van der Waals surface area contributed by atoms with Gasteiger partial charge in [-0.1, -0.05) is 34.8 Å². The molecule has 3 aromatic rings. The largest absolute Gasteiger partial charge is 0.353 e. The van der Waals surface area contributed by atoms with E-state index >= 15 is 0 Å². The zero-order valence-electron chi connectivity index (χ0n) is 13.2. The Morgan fingerprint density at radius 2 is 1.52 bits per heavy atom. The summed E-state index contributed by atoms with van der Waals surface area (Å²) >= 11 is 17.6. The second-order valence-electron chi connectivity index (χ2n) is 5.21. The third kappa shape index (κ3) is 4.54. The predicted octanol–water partition coefficient (Wildman–Crippen LogP) is 5.97. The molecule has 7 nitrogen and oxygen atoms in total. The van der Waals surface area contributed by atoms with Crippen LogP contribution in [0.2, 0.25) is 15.1 Å². The van der Waals surface area contributed by atoms with Crippen LogP contribution in [-0.4, -0.2) is 14.9 Å². The molecule has 2 N–H and O–H groups in total. The Labute approximate surface area is 167 Å². The van der Waals surface area contributed by atoms with Crippen molar-refractivity contribution in [1.82, 2.24) is 9.97 Å². The van der Waals surface area contributed by atoms with Gasteiger partial charge in [0.25, 0.3) is 0 Å². The smallest absolute Gasteiger partial charge is 0.334 e. The zero-order chi connectivity index (χ0) is 19.6. The molecule has 0 radical (unpaired) electrons. The molecule has 27 heavy (non-hydrogen) atoms. The van der Waals surface area contributed by atoms with E-state index in [1.807, 2.05) is 0 Å². The van der Waals surface area contributed by atoms with Gasteiger partial charge in [0.2, 0.25) is 11.6 Å². The third-order valence-electron chi connectivity index (χ3n) is 3.31. The summed E-state index contributed by atoms with van der Waals surface area (Å²) in [6, 6.07) is 8.38. The van der Waals surface area contributed by atoms with E-state index in [1.165, 1.54) is 30.3 Å². The van der Waals surface area contributed by atoms with Crippen LogP contribution < -0.4 is 10.6 Å². The normalized spacial score (nSPS) is 10.5. The Kier molecular flexibility index (Phi) is 5.59. The van der Waals surface area contributed by atoms with Gasteiger partial charge in [0.15, 0.2) is 0 Å². The highest BCUT2D eigenvalue weighted by Gasteiger charge is 2.23. The van der Waals surface area contributed by atoms with Crippen molar-refractivity contribution in [3.63, 3.8) is 0 Å². The first kappa shape index (κ1) is 19.1. The van der Waals surface area contributed by atoms with E-state index in [-0.39, 0.29) is 16.7 Å². The lowest BCUT2D eigenvalue weighted by Crippen LogP contribution is -2.05. The molecule has 138 valence electrons. The molecule has 0 unspecified atom stereocenters. The maximum Gasteiger partial charge on any atom is 0.353 e. The van der Waals surface area contributed by atoms with Crippen molar-refractivity contribution in [2.24, 2.45) is 0 Å². The molecular weight excluding hydrogens is 420 g/mol. The van der Waals surface area contributed by atoms with Crippen molar-refractivity contribution in [3.05, 3.63) is 73.7 Å². The Bertz CT molecular complexity index is 1010. The Morgan fingerprint density at radius 3 is 2.07 bits per heavy atom. The second-order valence-corrected chi connectivity index (χ2v) is 6.49. The van der Waals surface area contributed by atoms with Crippen molar-refractivity contribution < 1.29 is 9.31 Å². The van der Waals surface area contributed by atoms with Gasteiger partial charge in [0.05, 0.1) is 9.95 Å². The molecule has 0 fully saturated rings. The lowest BCUT2D eigenvalue weighted by molar-refractivity contribution is -0.383. The molecule has 0 saturated carbocycles. The molecule has 11 heteroatoms. The minimum absolute atomic E-state index is 0.0796. The highest BCUT2D eigenvalue weighted by molar-refractivity contribution is 6.35. The zero-order valence-corrected chi connectivity index (χ0v) is 15.5. The summed E-state index contributed by atoms with van der Waals surface area (Å²) in [5.74, 6) is -0.795. The molecule has 2 aromatic carbocycles. The van der Waals surface area contributed by atoms with E-state index in [9.17, 15) is 14.5 Å². The Morgan fingerprint density at radius 1 is 0.926 bits per heavy atom. The quantitative estimate of drug-likeness (QED) is 0.384. The van der Waals surface area contributed by atoms with Crippen LogP contribution in [0.4, 0.5) is 33.1 Å². The fourth-order valence-electron chi connectivity index (χ4n) is 2.21. The number of rotatable bonds is 5. The van der Waals surface area contributed by atoms with Crippen LogP contribution in [0, 0.1) is 15.9 Å². The molecular formula is C16H9Cl3FN5O2. The third-order valence-corrected chi connectivity index (χ3v) is 4.04. The van der Waals surface area contributed by atoms with Crippen molar-refractivity contribution in [2.75, 3.05) is 10.6 Å². The van der Waals surface area contributed by atoms with Crippen LogP contribution in [0.25, 0.3) is 0 Å². The van der Waals surface area contributed by atoms with E-state index < -0.39 is 16.4 Å². The topological polar surface area (TPSA) is 93.0 Å². The summed E-state index contributed by atoms with van der Waals surface area (Å²) < 4.78 is 13.3. The SMILES string of the molecule is O=[N+]([O-])c1c(Nc2cc(Cl)cc(Cl)c2)ncnc1Nc1ccc(F)c(Cl)c1.